The number of hydrogen-bond acceptors (Lipinski definition) is 3. The third-order valence-electron chi connectivity index (χ3n) is 10.7. The van der Waals surface area contributed by atoms with Crippen LogP contribution in [-0.4, -0.2) is 11.6 Å². The van der Waals surface area contributed by atoms with Crippen molar-refractivity contribution in [1.82, 2.24) is 5.32 Å². The number of carbonyl (C=O) groups is 2. The molecular weight excluding hydrogens is 538 g/mol. The molecule has 44 heavy (non-hydrogen) atoms. The van der Waals surface area contributed by atoms with Gasteiger partial charge in [0.25, 0.3) is 0 Å². The molecule has 1 heterocycles. The predicted molar refractivity (Wildman–Crippen MR) is 177 cm³/mol. The standard InChI is InChI=1S/C41H35NO2/c1-26-13-6-8-17-30(26)25-31-20-12-24-40(38(31)43)36(32-21-9-7-14-27(32)2)37(29-15-4-3-5-16-29)42-41(40)34-23-11-19-28-18-10-22-33(35(28)34)39(41)44/h3-11,13-19,21-23,25,36-37,42H,12,20,24H2,1-2H3/b31-25+/t36-,37-,40-,41-/m0/s1. The van der Waals surface area contributed by atoms with Crippen molar-refractivity contribution >= 4 is 28.4 Å². The number of aryl methyl sites for hydroxylation is 2. The van der Waals surface area contributed by atoms with E-state index in [4.69, 9.17) is 0 Å². The number of nitrogens with one attached hydrogen (secondary N) is 1. The molecule has 216 valence electrons. The van der Waals surface area contributed by atoms with Crippen LogP contribution in [0.5, 0.6) is 0 Å². The predicted octanol–water partition coefficient (Wildman–Crippen LogP) is 8.80. The number of ketones is 2. The molecule has 0 aromatic heterocycles. The average molecular weight is 574 g/mol. The summed E-state index contributed by atoms with van der Waals surface area (Å²) in [6, 6.07) is 39.1. The number of benzene rings is 5. The highest BCUT2D eigenvalue weighted by Crippen LogP contribution is 2.68. The molecule has 1 N–H and O–H groups in total. The molecule has 2 spiro atoms. The van der Waals surface area contributed by atoms with Crippen LogP contribution in [0.2, 0.25) is 0 Å². The third-order valence-corrected chi connectivity index (χ3v) is 10.7. The molecule has 3 nitrogen and oxygen atoms in total. The van der Waals surface area contributed by atoms with E-state index in [2.05, 4.69) is 104 Å². The highest BCUT2D eigenvalue weighted by atomic mass is 16.1. The second-order valence-corrected chi connectivity index (χ2v) is 12.8. The first-order valence-electron chi connectivity index (χ1n) is 15.7. The fourth-order valence-corrected chi connectivity index (χ4v) is 8.83. The summed E-state index contributed by atoms with van der Waals surface area (Å²) >= 11 is 0. The number of Topliss-reactive ketones (excluding diaryl/α,β-unsaturated/α-hetero) is 2. The lowest BCUT2D eigenvalue weighted by molar-refractivity contribution is -0.130. The molecule has 0 amide bonds. The Labute approximate surface area is 258 Å². The van der Waals surface area contributed by atoms with Crippen molar-refractivity contribution in [3.05, 3.63) is 160 Å². The van der Waals surface area contributed by atoms with Gasteiger partial charge in [-0.3, -0.25) is 14.9 Å². The Kier molecular flexibility index (Phi) is 6.11. The smallest absolute Gasteiger partial charge is 0.189 e. The zero-order valence-electron chi connectivity index (χ0n) is 25.1. The van der Waals surface area contributed by atoms with Gasteiger partial charge < -0.3 is 0 Å². The molecular formula is C41H35NO2. The molecule has 3 heteroatoms. The van der Waals surface area contributed by atoms with Crippen LogP contribution in [0, 0.1) is 19.3 Å². The van der Waals surface area contributed by atoms with Crippen LogP contribution < -0.4 is 5.32 Å². The fraction of sp³-hybridized carbons (Fsp3) is 0.220. The van der Waals surface area contributed by atoms with Gasteiger partial charge in [-0.25, -0.2) is 0 Å². The van der Waals surface area contributed by atoms with Crippen molar-refractivity contribution in [3.63, 3.8) is 0 Å². The van der Waals surface area contributed by atoms with Gasteiger partial charge >= 0.3 is 0 Å². The van der Waals surface area contributed by atoms with Gasteiger partial charge in [-0.15, -0.1) is 0 Å². The maximum atomic E-state index is 15.7. The minimum absolute atomic E-state index is 0.0202. The average Bonchev–Trinajstić information content (AvgIpc) is 3.48. The van der Waals surface area contributed by atoms with Crippen molar-refractivity contribution < 1.29 is 9.59 Å². The number of rotatable bonds is 3. The number of allylic oxidation sites excluding steroid dienone is 1. The first kappa shape index (κ1) is 27.0. The van der Waals surface area contributed by atoms with Crippen molar-refractivity contribution in [2.24, 2.45) is 5.41 Å². The summed E-state index contributed by atoms with van der Waals surface area (Å²) in [4.78, 5) is 30.9. The van der Waals surface area contributed by atoms with Crippen molar-refractivity contribution in [1.29, 1.82) is 0 Å². The number of carbonyl (C=O) groups excluding carboxylic acids is 2. The SMILES string of the molecule is Cc1ccccc1/C=C1\CCC[C@@]2(C1=O)[C@@H](c1ccccc1C)[C@H](c1ccccc1)N[C@@]21C(=O)c2cccc3cccc1c23. The van der Waals surface area contributed by atoms with E-state index in [0.717, 1.165) is 56.1 Å². The Morgan fingerprint density at radius 3 is 2.20 bits per heavy atom. The molecule has 1 saturated heterocycles. The zero-order valence-corrected chi connectivity index (χ0v) is 25.1. The molecule has 1 aliphatic heterocycles. The fourth-order valence-electron chi connectivity index (χ4n) is 8.83. The van der Waals surface area contributed by atoms with Gasteiger partial charge in [-0.05, 0) is 88.9 Å². The third kappa shape index (κ3) is 3.53. The minimum Gasteiger partial charge on any atom is -0.294 e. The molecule has 1 saturated carbocycles. The van der Waals surface area contributed by atoms with Gasteiger partial charge in [-0.2, -0.15) is 0 Å². The monoisotopic (exact) mass is 573 g/mol. The summed E-state index contributed by atoms with van der Waals surface area (Å²) < 4.78 is 0. The van der Waals surface area contributed by atoms with E-state index in [1.807, 2.05) is 36.4 Å². The highest BCUT2D eigenvalue weighted by Gasteiger charge is 2.73. The summed E-state index contributed by atoms with van der Waals surface area (Å²) in [6.45, 7) is 4.23. The summed E-state index contributed by atoms with van der Waals surface area (Å²) in [5.41, 5.74) is 5.80. The molecule has 0 unspecified atom stereocenters. The van der Waals surface area contributed by atoms with E-state index < -0.39 is 11.0 Å². The molecule has 5 aromatic carbocycles. The van der Waals surface area contributed by atoms with E-state index in [0.29, 0.717) is 18.4 Å². The Morgan fingerprint density at radius 2 is 1.43 bits per heavy atom. The Hall–Kier alpha value is -4.60. The molecule has 8 rings (SSSR count). The van der Waals surface area contributed by atoms with Gasteiger partial charge in [0.05, 0.1) is 5.41 Å². The van der Waals surface area contributed by atoms with Crippen LogP contribution in [0.4, 0.5) is 0 Å². The first-order chi connectivity index (χ1) is 21.5. The van der Waals surface area contributed by atoms with Gasteiger partial charge in [0.2, 0.25) is 0 Å². The topological polar surface area (TPSA) is 46.2 Å². The highest BCUT2D eigenvalue weighted by molar-refractivity contribution is 6.24. The van der Waals surface area contributed by atoms with E-state index in [1.165, 1.54) is 0 Å². The molecule has 5 aromatic rings. The van der Waals surface area contributed by atoms with Gasteiger partial charge in [0, 0.05) is 17.5 Å². The van der Waals surface area contributed by atoms with Crippen molar-refractivity contribution in [3.8, 4) is 0 Å². The maximum Gasteiger partial charge on any atom is 0.189 e. The molecule has 2 fully saturated rings. The van der Waals surface area contributed by atoms with E-state index >= 15 is 9.59 Å². The lowest BCUT2D eigenvalue weighted by atomic mass is 9.52. The normalized spacial score (nSPS) is 26.8. The second-order valence-electron chi connectivity index (χ2n) is 12.8. The zero-order chi connectivity index (χ0) is 30.1. The van der Waals surface area contributed by atoms with Gasteiger partial charge in [-0.1, -0.05) is 115 Å². The Balaban J connectivity index is 1.47. The summed E-state index contributed by atoms with van der Waals surface area (Å²) in [7, 11) is 0. The van der Waals surface area contributed by atoms with Gasteiger partial charge in [0.15, 0.2) is 11.6 Å². The molecule has 2 aliphatic carbocycles. The maximum absolute atomic E-state index is 15.7. The van der Waals surface area contributed by atoms with E-state index in [9.17, 15) is 0 Å². The lowest BCUT2D eigenvalue weighted by Crippen LogP contribution is -2.59. The lowest BCUT2D eigenvalue weighted by Gasteiger charge is -2.48. The Bertz CT molecular complexity index is 2000. The summed E-state index contributed by atoms with van der Waals surface area (Å²) in [5, 5.41) is 6.02. The van der Waals surface area contributed by atoms with Crippen LogP contribution in [0.3, 0.4) is 0 Å². The number of hydrogen-bond donors (Lipinski definition) is 1. The molecule has 3 aliphatic rings. The quantitative estimate of drug-likeness (QED) is 0.219. The van der Waals surface area contributed by atoms with Crippen LogP contribution >= 0.6 is 0 Å². The van der Waals surface area contributed by atoms with Crippen LogP contribution in [0.1, 0.15) is 75.0 Å². The summed E-state index contributed by atoms with van der Waals surface area (Å²) in [6.07, 6.45) is 4.26. The first-order valence-corrected chi connectivity index (χ1v) is 15.7. The molecule has 0 bridgehead atoms. The van der Waals surface area contributed by atoms with Crippen LogP contribution in [0.25, 0.3) is 16.8 Å². The van der Waals surface area contributed by atoms with E-state index in [-0.39, 0.29) is 23.5 Å². The molecule has 0 radical (unpaired) electrons. The van der Waals surface area contributed by atoms with Crippen molar-refractivity contribution in [2.75, 3.05) is 0 Å². The van der Waals surface area contributed by atoms with Crippen LogP contribution in [-0.2, 0) is 10.3 Å². The largest absolute Gasteiger partial charge is 0.294 e. The minimum atomic E-state index is -1.20. The second kappa shape index (κ2) is 9.97. The molecule has 4 atom stereocenters. The number of fused-ring (bicyclic) bond motifs is 2. The van der Waals surface area contributed by atoms with E-state index in [1.54, 1.807) is 0 Å². The van der Waals surface area contributed by atoms with Crippen LogP contribution in [0.15, 0.2) is 121 Å². The Morgan fingerprint density at radius 1 is 0.727 bits per heavy atom. The van der Waals surface area contributed by atoms with Crippen molar-refractivity contribution in [2.45, 2.75) is 50.6 Å². The van der Waals surface area contributed by atoms with Gasteiger partial charge in [0.1, 0.15) is 5.54 Å². The summed E-state index contributed by atoms with van der Waals surface area (Å²) in [5.74, 6) is -0.135.